The third-order valence-corrected chi connectivity index (χ3v) is 2.10. The number of carbonyl (C=O) groups excluding carboxylic acids is 1. The van der Waals surface area contributed by atoms with E-state index in [-0.39, 0.29) is 25.4 Å². The fourth-order valence-electron chi connectivity index (χ4n) is 1.33. The zero-order valence-electron chi connectivity index (χ0n) is 9.69. The Kier molecular flexibility index (Phi) is 5.16. The summed E-state index contributed by atoms with van der Waals surface area (Å²) in [5.74, 6) is -1.06. The van der Waals surface area contributed by atoms with E-state index < -0.39 is 5.97 Å². The number of carbonyl (C=O) groups is 2. The van der Waals surface area contributed by atoms with Gasteiger partial charge in [0, 0.05) is 12.2 Å². The van der Waals surface area contributed by atoms with Gasteiger partial charge in [-0.05, 0) is 24.6 Å². The molecule has 0 aliphatic rings. The van der Waals surface area contributed by atoms with Crippen molar-refractivity contribution in [2.75, 3.05) is 18.4 Å². The van der Waals surface area contributed by atoms with Crippen LogP contribution in [0.25, 0.3) is 0 Å². The smallest absolute Gasteiger partial charge is 0.304 e. The summed E-state index contributed by atoms with van der Waals surface area (Å²) in [6.07, 6.45) is 0.0116. The van der Waals surface area contributed by atoms with Crippen LogP contribution < -0.4 is 10.6 Å². The molecule has 3 N–H and O–H groups in total. The van der Waals surface area contributed by atoms with E-state index in [1.54, 1.807) is 0 Å². The van der Waals surface area contributed by atoms with Crippen molar-refractivity contribution in [1.29, 1.82) is 0 Å². The van der Waals surface area contributed by atoms with Crippen molar-refractivity contribution in [3.63, 3.8) is 0 Å². The van der Waals surface area contributed by atoms with Gasteiger partial charge in [0.05, 0.1) is 13.0 Å². The molecule has 0 saturated heterocycles. The van der Waals surface area contributed by atoms with Crippen LogP contribution in [0.1, 0.15) is 12.0 Å². The van der Waals surface area contributed by atoms with Gasteiger partial charge in [-0.25, -0.2) is 0 Å². The maximum absolute atomic E-state index is 11.4. The minimum Gasteiger partial charge on any atom is -0.481 e. The quantitative estimate of drug-likeness (QED) is 0.644. The van der Waals surface area contributed by atoms with Crippen LogP contribution >= 0.6 is 0 Å². The Balaban J connectivity index is 2.27. The number of amides is 1. The molecule has 0 spiro atoms. The number of carboxylic acids is 1. The lowest BCUT2D eigenvalue weighted by Gasteiger charge is -2.06. The second kappa shape index (κ2) is 6.65. The summed E-state index contributed by atoms with van der Waals surface area (Å²) in [5.41, 5.74) is 1.82. The fourth-order valence-corrected chi connectivity index (χ4v) is 1.33. The third-order valence-electron chi connectivity index (χ3n) is 2.10. The van der Waals surface area contributed by atoms with Crippen LogP contribution in [-0.4, -0.2) is 30.1 Å². The number of hydrogen-bond donors (Lipinski definition) is 3. The van der Waals surface area contributed by atoms with Crippen molar-refractivity contribution in [2.45, 2.75) is 13.3 Å². The van der Waals surface area contributed by atoms with E-state index in [2.05, 4.69) is 10.6 Å². The topological polar surface area (TPSA) is 78.4 Å². The molecule has 0 aromatic heterocycles. The molecule has 0 saturated carbocycles. The predicted molar refractivity (Wildman–Crippen MR) is 64.9 cm³/mol. The fraction of sp³-hybridized carbons (Fsp3) is 0.333. The average Bonchev–Trinajstić information content (AvgIpc) is 2.24. The maximum atomic E-state index is 11.4. The summed E-state index contributed by atoms with van der Waals surface area (Å²) in [6, 6.07) is 7.49. The van der Waals surface area contributed by atoms with Crippen LogP contribution in [0.15, 0.2) is 24.3 Å². The summed E-state index contributed by atoms with van der Waals surface area (Å²) in [6.45, 7) is 2.35. The number of aliphatic carboxylic acids is 1. The molecule has 0 aliphatic heterocycles. The molecule has 17 heavy (non-hydrogen) atoms. The van der Waals surface area contributed by atoms with E-state index in [1.807, 2.05) is 31.2 Å². The van der Waals surface area contributed by atoms with Crippen molar-refractivity contribution in [3.8, 4) is 0 Å². The Morgan fingerprint density at radius 1 is 1.35 bits per heavy atom. The number of hydrogen-bond acceptors (Lipinski definition) is 3. The molecule has 0 fully saturated rings. The minimum absolute atomic E-state index is 0.0116. The SMILES string of the molecule is Cc1cccc(NC(=O)CNCCC(=O)O)c1. The molecule has 1 aromatic rings. The first-order chi connectivity index (χ1) is 8.08. The predicted octanol–water partition coefficient (Wildman–Crippen LogP) is 0.998. The first-order valence-electron chi connectivity index (χ1n) is 5.37. The highest BCUT2D eigenvalue weighted by atomic mass is 16.4. The summed E-state index contributed by atoms with van der Waals surface area (Å²) in [7, 11) is 0. The first kappa shape index (κ1) is 13.2. The van der Waals surface area contributed by atoms with Gasteiger partial charge in [-0.1, -0.05) is 12.1 Å². The molecular formula is C12H16N2O3. The van der Waals surface area contributed by atoms with E-state index in [9.17, 15) is 9.59 Å². The molecule has 5 heteroatoms. The van der Waals surface area contributed by atoms with Crippen molar-refractivity contribution < 1.29 is 14.7 Å². The van der Waals surface area contributed by atoms with E-state index >= 15 is 0 Å². The van der Waals surface area contributed by atoms with Gasteiger partial charge in [-0.15, -0.1) is 0 Å². The number of anilines is 1. The van der Waals surface area contributed by atoms with E-state index in [1.165, 1.54) is 0 Å². The molecule has 1 amide bonds. The van der Waals surface area contributed by atoms with Gasteiger partial charge < -0.3 is 15.7 Å². The van der Waals surface area contributed by atoms with Crippen molar-refractivity contribution in [3.05, 3.63) is 29.8 Å². The van der Waals surface area contributed by atoms with Crippen LogP contribution in [0.5, 0.6) is 0 Å². The van der Waals surface area contributed by atoms with Crippen LogP contribution in [-0.2, 0) is 9.59 Å². The molecular weight excluding hydrogens is 220 g/mol. The molecule has 5 nitrogen and oxygen atoms in total. The van der Waals surface area contributed by atoms with Crippen molar-refractivity contribution in [2.24, 2.45) is 0 Å². The van der Waals surface area contributed by atoms with Crippen LogP contribution in [0, 0.1) is 6.92 Å². The molecule has 1 aromatic carbocycles. The zero-order valence-corrected chi connectivity index (χ0v) is 9.69. The third kappa shape index (κ3) is 5.67. The van der Waals surface area contributed by atoms with Gasteiger partial charge in [0.25, 0.3) is 0 Å². The first-order valence-corrected chi connectivity index (χ1v) is 5.37. The van der Waals surface area contributed by atoms with E-state index in [0.29, 0.717) is 0 Å². The van der Waals surface area contributed by atoms with Crippen LogP contribution in [0.3, 0.4) is 0 Å². The molecule has 0 atom stereocenters. The largest absolute Gasteiger partial charge is 0.481 e. The lowest BCUT2D eigenvalue weighted by Crippen LogP contribution is -2.29. The molecule has 92 valence electrons. The highest BCUT2D eigenvalue weighted by Gasteiger charge is 2.02. The van der Waals surface area contributed by atoms with Crippen molar-refractivity contribution in [1.82, 2.24) is 5.32 Å². The second-order valence-corrected chi connectivity index (χ2v) is 3.74. The van der Waals surface area contributed by atoms with Gasteiger partial charge >= 0.3 is 5.97 Å². The highest BCUT2D eigenvalue weighted by Crippen LogP contribution is 2.08. The Hall–Kier alpha value is -1.88. The van der Waals surface area contributed by atoms with Gasteiger partial charge in [-0.3, -0.25) is 9.59 Å². The number of carboxylic acid groups (broad SMARTS) is 1. The Morgan fingerprint density at radius 3 is 2.76 bits per heavy atom. The van der Waals surface area contributed by atoms with Gasteiger partial charge in [0.15, 0.2) is 0 Å². The number of rotatable bonds is 6. The Labute approximate surface area is 99.8 Å². The van der Waals surface area contributed by atoms with Crippen LogP contribution in [0.2, 0.25) is 0 Å². The lowest BCUT2D eigenvalue weighted by atomic mass is 10.2. The monoisotopic (exact) mass is 236 g/mol. The summed E-state index contributed by atoms with van der Waals surface area (Å²) in [5, 5.41) is 13.9. The molecule has 0 radical (unpaired) electrons. The number of aryl methyl sites for hydroxylation is 1. The molecule has 1 rings (SSSR count). The zero-order chi connectivity index (χ0) is 12.7. The van der Waals surface area contributed by atoms with E-state index in [4.69, 9.17) is 5.11 Å². The summed E-state index contributed by atoms with van der Waals surface area (Å²) < 4.78 is 0. The van der Waals surface area contributed by atoms with Gasteiger partial charge in [-0.2, -0.15) is 0 Å². The Bertz CT molecular complexity index is 404. The second-order valence-electron chi connectivity index (χ2n) is 3.74. The molecule has 0 heterocycles. The number of benzene rings is 1. The van der Waals surface area contributed by atoms with Crippen molar-refractivity contribution >= 4 is 17.6 Å². The summed E-state index contributed by atoms with van der Waals surface area (Å²) in [4.78, 5) is 21.7. The lowest BCUT2D eigenvalue weighted by molar-refractivity contribution is -0.137. The molecule has 0 aliphatic carbocycles. The van der Waals surface area contributed by atoms with E-state index in [0.717, 1.165) is 11.3 Å². The van der Waals surface area contributed by atoms with Crippen LogP contribution in [0.4, 0.5) is 5.69 Å². The minimum atomic E-state index is -0.878. The standard InChI is InChI=1S/C12H16N2O3/c1-9-3-2-4-10(7-9)14-11(15)8-13-6-5-12(16)17/h2-4,7,13H,5-6,8H2,1H3,(H,14,15)(H,16,17). The normalized spacial score (nSPS) is 9.94. The number of nitrogens with one attached hydrogen (secondary N) is 2. The average molecular weight is 236 g/mol. The van der Waals surface area contributed by atoms with Gasteiger partial charge in [0.2, 0.25) is 5.91 Å². The maximum Gasteiger partial charge on any atom is 0.304 e. The summed E-state index contributed by atoms with van der Waals surface area (Å²) >= 11 is 0. The molecule has 0 bridgehead atoms. The molecule has 0 unspecified atom stereocenters. The Morgan fingerprint density at radius 2 is 2.12 bits per heavy atom. The highest BCUT2D eigenvalue weighted by molar-refractivity contribution is 5.92. The van der Waals surface area contributed by atoms with Gasteiger partial charge in [0.1, 0.15) is 0 Å².